The molecule has 1 aliphatic rings. The molecule has 4 rings (SSSR count). The topological polar surface area (TPSA) is 93.9 Å². The zero-order chi connectivity index (χ0) is 19.0. The van der Waals surface area contributed by atoms with Crippen LogP contribution in [0.3, 0.4) is 0 Å². The summed E-state index contributed by atoms with van der Waals surface area (Å²) >= 11 is 2.77. The Balaban J connectivity index is 1.66. The summed E-state index contributed by atoms with van der Waals surface area (Å²) in [6, 6.07) is 2.75. The highest BCUT2D eigenvalue weighted by Crippen LogP contribution is 2.28. The van der Waals surface area contributed by atoms with E-state index in [0.717, 1.165) is 23.7 Å². The molecule has 9 heteroatoms. The molecule has 138 valence electrons. The van der Waals surface area contributed by atoms with Gasteiger partial charge in [-0.1, -0.05) is 0 Å². The van der Waals surface area contributed by atoms with E-state index in [0.29, 0.717) is 34.4 Å². The second-order valence-corrected chi connectivity index (χ2v) is 8.21. The van der Waals surface area contributed by atoms with Gasteiger partial charge in [0.2, 0.25) is 0 Å². The van der Waals surface area contributed by atoms with Gasteiger partial charge >= 0.3 is 0 Å². The number of amides is 1. The predicted molar refractivity (Wildman–Crippen MR) is 109 cm³/mol. The van der Waals surface area contributed by atoms with Gasteiger partial charge in [0.25, 0.3) is 5.91 Å². The van der Waals surface area contributed by atoms with Gasteiger partial charge in [-0.25, -0.2) is 9.97 Å². The lowest BCUT2D eigenvalue weighted by molar-refractivity contribution is 0.102. The van der Waals surface area contributed by atoms with E-state index < -0.39 is 0 Å². The van der Waals surface area contributed by atoms with Gasteiger partial charge in [-0.2, -0.15) is 5.26 Å². The van der Waals surface area contributed by atoms with E-state index in [9.17, 15) is 4.79 Å². The van der Waals surface area contributed by atoms with Crippen LogP contribution in [0.25, 0.3) is 10.3 Å². The maximum Gasteiger partial charge on any atom is 0.258 e. The minimum Gasteiger partial charge on any atom is -0.350 e. The van der Waals surface area contributed by atoms with E-state index in [1.807, 2.05) is 0 Å². The van der Waals surface area contributed by atoms with Gasteiger partial charge in [0.1, 0.15) is 22.2 Å². The van der Waals surface area contributed by atoms with Crippen LogP contribution in [0.2, 0.25) is 0 Å². The average molecular weight is 399 g/mol. The molecule has 1 amide bonds. The Kier molecular flexibility index (Phi) is 4.78. The predicted octanol–water partition coefficient (Wildman–Crippen LogP) is 3.06. The van der Waals surface area contributed by atoms with E-state index in [1.165, 1.54) is 22.7 Å². The summed E-state index contributed by atoms with van der Waals surface area (Å²) in [4.78, 5) is 25.0. The molecule has 7 nitrogen and oxygen atoms in total. The number of hydrogen-bond donors (Lipinski definition) is 2. The third kappa shape index (κ3) is 3.39. The Labute approximate surface area is 164 Å². The number of carbonyl (C=O) groups is 1. The molecule has 2 N–H and O–H groups in total. The van der Waals surface area contributed by atoms with Crippen molar-refractivity contribution in [2.45, 2.75) is 25.9 Å². The summed E-state index contributed by atoms with van der Waals surface area (Å²) in [6.45, 7) is 6.01. The molecule has 2 atom stereocenters. The molecule has 0 radical (unpaired) electrons. The van der Waals surface area contributed by atoms with E-state index in [-0.39, 0.29) is 5.91 Å². The molecule has 1 aliphatic heterocycles. The molecule has 0 spiro atoms. The fourth-order valence-corrected chi connectivity index (χ4v) is 4.65. The summed E-state index contributed by atoms with van der Waals surface area (Å²) in [5.41, 5.74) is 2.07. The SMILES string of the molecule is C[C@@H]1CN(c2cnc3scc(C(=O)Nc4cscc4C#N)c3n2)[C@H](C)CN1. The normalized spacial score (nSPS) is 19.8. The van der Waals surface area contributed by atoms with Crippen molar-refractivity contribution in [1.82, 2.24) is 15.3 Å². The zero-order valence-corrected chi connectivity index (χ0v) is 16.5. The van der Waals surface area contributed by atoms with Crippen molar-refractivity contribution in [2.24, 2.45) is 0 Å². The monoisotopic (exact) mass is 398 g/mol. The second kappa shape index (κ2) is 7.23. The Bertz CT molecular complexity index is 1040. The molecule has 0 bridgehead atoms. The van der Waals surface area contributed by atoms with Crippen molar-refractivity contribution in [3.63, 3.8) is 0 Å². The van der Waals surface area contributed by atoms with Gasteiger partial charge in [-0.3, -0.25) is 4.79 Å². The quantitative estimate of drug-likeness (QED) is 0.704. The molecule has 27 heavy (non-hydrogen) atoms. The molecule has 3 aromatic heterocycles. The number of carbonyl (C=O) groups excluding carboxylic acids is 1. The van der Waals surface area contributed by atoms with Crippen LogP contribution in [0, 0.1) is 11.3 Å². The van der Waals surface area contributed by atoms with Crippen LogP contribution in [-0.4, -0.2) is 41.0 Å². The van der Waals surface area contributed by atoms with Crippen LogP contribution in [0.15, 0.2) is 22.3 Å². The summed E-state index contributed by atoms with van der Waals surface area (Å²) in [6.07, 6.45) is 1.78. The summed E-state index contributed by atoms with van der Waals surface area (Å²) in [7, 11) is 0. The molecule has 0 saturated carbocycles. The van der Waals surface area contributed by atoms with E-state index in [2.05, 4.69) is 40.4 Å². The number of rotatable bonds is 3. The third-order valence-corrected chi connectivity index (χ3v) is 6.22. The lowest BCUT2D eigenvalue weighted by Gasteiger charge is -2.38. The smallest absolute Gasteiger partial charge is 0.258 e. The van der Waals surface area contributed by atoms with E-state index in [1.54, 1.807) is 22.3 Å². The lowest BCUT2D eigenvalue weighted by atomic mass is 10.1. The van der Waals surface area contributed by atoms with Gasteiger partial charge in [0.05, 0.1) is 23.0 Å². The lowest BCUT2D eigenvalue weighted by Crippen LogP contribution is -2.54. The van der Waals surface area contributed by atoms with Crippen LogP contribution in [-0.2, 0) is 0 Å². The van der Waals surface area contributed by atoms with Crippen LogP contribution in [0.1, 0.15) is 29.8 Å². The number of nitriles is 1. The van der Waals surface area contributed by atoms with Gasteiger partial charge in [0.15, 0.2) is 0 Å². The average Bonchev–Trinajstić information content (AvgIpc) is 3.29. The molecular formula is C18H18N6OS2. The maximum absolute atomic E-state index is 12.8. The standard InChI is InChI=1S/C18H18N6OS2/c1-10-6-24(11(2)4-20-10)15-5-21-18-16(23-15)13(8-27-18)17(25)22-14-9-26-7-12(14)3-19/h5,7-11,20H,4,6H2,1-2H3,(H,22,25)/t10-,11-/m1/s1. The van der Waals surface area contributed by atoms with Gasteiger partial charge < -0.3 is 15.5 Å². The number of nitrogens with one attached hydrogen (secondary N) is 2. The first kappa shape index (κ1) is 17.9. The van der Waals surface area contributed by atoms with Gasteiger partial charge in [0, 0.05) is 41.3 Å². The fraction of sp³-hybridized carbons (Fsp3) is 0.333. The Morgan fingerprint density at radius 1 is 1.41 bits per heavy atom. The molecule has 4 heterocycles. The van der Waals surface area contributed by atoms with Crippen LogP contribution in [0.5, 0.6) is 0 Å². The highest BCUT2D eigenvalue weighted by molar-refractivity contribution is 7.17. The van der Waals surface area contributed by atoms with Crippen molar-refractivity contribution in [3.05, 3.63) is 33.5 Å². The third-order valence-electron chi connectivity index (χ3n) is 4.60. The van der Waals surface area contributed by atoms with E-state index >= 15 is 0 Å². The van der Waals surface area contributed by atoms with Crippen molar-refractivity contribution in [1.29, 1.82) is 5.26 Å². The summed E-state index contributed by atoms with van der Waals surface area (Å²) in [5, 5.41) is 20.6. The first-order valence-electron chi connectivity index (χ1n) is 8.58. The van der Waals surface area contributed by atoms with Crippen LogP contribution in [0.4, 0.5) is 11.5 Å². The highest BCUT2D eigenvalue weighted by atomic mass is 32.1. The van der Waals surface area contributed by atoms with Crippen LogP contribution >= 0.6 is 22.7 Å². The Morgan fingerprint density at radius 3 is 3.07 bits per heavy atom. The van der Waals surface area contributed by atoms with Crippen molar-refractivity contribution < 1.29 is 4.79 Å². The van der Waals surface area contributed by atoms with Crippen molar-refractivity contribution in [2.75, 3.05) is 23.3 Å². The largest absolute Gasteiger partial charge is 0.350 e. The van der Waals surface area contributed by atoms with Gasteiger partial charge in [-0.05, 0) is 13.8 Å². The van der Waals surface area contributed by atoms with E-state index in [4.69, 9.17) is 10.2 Å². The van der Waals surface area contributed by atoms with Gasteiger partial charge in [-0.15, -0.1) is 22.7 Å². The Morgan fingerprint density at radius 2 is 2.26 bits per heavy atom. The molecule has 0 aromatic carbocycles. The molecule has 1 fully saturated rings. The number of nitrogens with zero attached hydrogens (tertiary/aromatic N) is 4. The number of fused-ring (bicyclic) bond motifs is 1. The molecule has 0 unspecified atom stereocenters. The second-order valence-electron chi connectivity index (χ2n) is 6.61. The minimum atomic E-state index is -0.274. The first-order chi connectivity index (χ1) is 13.1. The number of aromatic nitrogens is 2. The molecular weight excluding hydrogens is 380 g/mol. The Hall–Kier alpha value is -2.54. The van der Waals surface area contributed by atoms with Crippen molar-refractivity contribution in [3.8, 4) is 6.07 Å². The minimum absolute atomic E-state index is 0.274. The maximum atomic E-state index is 12.8. The highest BCUT2D eigenvalue weighted by Gasteiger charge is 2.25. The molecule has 0 aliphatic carbocycles. The number of anilines is 2. The number of hydrogen-bond acceptors (Lipinski definition) is 8. The fourth-order valence-electron chi connectivity index (χ4n) is 3.11. The zero-order valence-electron chi connectivity index (χ0n) is 14.9. The molecule has 3 aromatic rings. The molecule has 1 saturated heterocycles. The number of thiophene rings is 2. The summed E-state index contributed by atoms with van der Waals surface area (Å²) in [5.74, 6) is 0.508. The van der Waals surface area contributed by atoms with Crippen LogP contribution < -0.4 is 15.5 Å². The number of piperazine rings is 1. The van der Waals surface area contributed by atoms with Crippen molar-refractivity contribution >= 4 is 50.4 Å². The first-order valence-corrected chi connectivity index (χ1v) is 10.4. The summed E-state index contributed by atoms with van der Waals surface area (Å²) < 4.78 is 0.